The van der Waals surface area contributed by atoms with Crippen LogP contribution >= 0.6 is 0 Å². The summed E-state index contributed by atoms with van der Waals surface area (Å²) in [5.41, 5.74) is 0. The van der Waals surface area contributed by atoms with Crippen LogP contribution in [0.4, 0.5) is 0 Å². The second-order valence-corrected chi connectivity index (χ2v) is 1.51. The van der Waals surface area contributed by atoms with Crippen molar-refractivity contribution in [1.82, 2.24) is 0 Å². The Labute approximate surface area is 63.6 Å². The topological polar surface area (TPSA) is 40.5 Å². The molecule has 0 aromatic heterocycles. The molecule has 46 valence electrons. The molecule has 0 aliphatic heterocycles. The number of rotatable bonds is 4. The Hall–Kier alpha value is 0.517. The van der Waals surface area contributed by atoms with Crippen molar-refractivity contribution >= 4 is 0 Å². The summed E-state index contributed by atoms with van der Waals surface area (Å²) in [5.74, 6) is 0. The molecule has 0 bridgehead atoms. The first kappa shape index (κ1) is 11.3. The minimum Gasteiger partial charge on any atom is -1.00 e. The fourth-order valence-electron chi connectivity index (χ4n) is 0.400. The molecule has 0 aromatic carbocycles. The van der Waals surface area contributed by atoms with Crippen molar-refractivity contribution in [3.8, 4) is 0 Å². The van der Waals surface area contributed by atoms with Crippen molar-refractivity contribution < 1.29 is 30.5 Å². The molecule has 0 rings (SSSR count). The zero-order valence-corrected chi connectivity index (χ0v) is 5.43. The standard InChI is InChI=1S/C5H12O2.Li.H/c6-4-2-1-3-5-7;;/h6-7H,1-5H2;;/q;+1;-1. The summed E-state index contributed by atoms with van der Waals surface area (Å²) in [5, 5.41) is 16.4. The first-order valence-corrected chi connectivity index (χ1v) is 2.63. The van der Waals surface area contributed by atoms with Gasteiger partial charge in [-0.2, -0.15) is 0 Å². The molecule has 0 aliphatic rings. The number of aliphatic hydroxyl groups is 2. The van der Waals surface area contributed by atoms with Gasteiger partial charge in [-0.25, -0.2) is 0 Å². The minimum atomic E-state index is 0. The van der Waals surface area contributed by atoms with E-state index in [4.69, 9.17) is 10.2 Å². The Bertz CT molecular complexity index is 34.1. The van der Waals surface area contributed by atoms with E-state index >= 15 is 0 Å². The molecule has 0 spiro atoms. The normalized spacial score (nSPS) is 8.25. The average Bonchev–Trinajstić information content (AvgIpc) is 1.69. The summed E-state index contributed by atoms with van der Waals surface area (Å²) in [6.45, 7) is 0.500. The first-order chi connectivity index (χ1) is 3.41. The Morgan fingerprint density at radius 1 is 0.875 bits per heavy atom. The van der Waals surface area contributed by atoms with Gasteiger partial charge in [-0.3, -0.25) is 0 Å². The van der Waals surface area contributed by atoms with Crippen LogP contribution in [0.25, 0.3) is 0 Å². The Kier molecular flexibility index (Phi) is 14.9. The van der Waals surface area contributed by atoms with E-state index in [9.17, 15) is 0 Å². The fourth-order valence-corrected chi connectivity index (χ4v) is 0.400. The first-order valence-electron chi connectivity index (χ1n) is 2.63. The Morgan fingerprint density at radius 2 is 1.25 bits per heavy atom. The zero-order chi connectivity index (χ0) is 5.54. The summed E-state index contributed by atoms with van der Waals surface area (Å²) in [7, 11) is 0. The van der Waals surface area contributed by atoms with E-state index in [1.54, 1.807) is 0 Å². The van der Waals surface area contributed by atoms with Gasteiger partial charge in [0.2, 0.25) is 0 Å². The van der Waals surface area contributed by atoms with Crippen LogP contribution in [-0.2, 0) is 0 Å². The largest absolute Gasteiger partial charge is 1.00 e. The Morgan fingerprint density at radius 3 is 1.50 bits per heavy atom. The van der Waals surface area contributed by atoms with Crippen LogP contribution in [0.3, 0.4) is 0 Å². The third-order valence-electron chi connectivity index (χ3n) is 0.816. The average molecular weight is 112 g/mol. The molecule has 0 amide bonds. The number of aliphatic hydroxyl groups excluding tert-OH is 2. The predicted octanol–water partition coefficient (Wildman–Crippen LogP) is -2.74. The summed E-state index contributed by atoms with van der Waals surface area (Å²) in [6, 6.07) is 0. The molecule has 0 heterocycles. The van der Waals surface area contributed by atoms with Gasteiger partial charge >= 0.3 is 18.9 Å². The number of hydrogen-bond donors (Lipinski definition) is 2. The molecule has 8 heavy (non-hydrogen) atoms. The molecule has 2 nitrogen and oxygen atoms in total. The molecule has 0 unspecified atom stereocenters. The molecular formula is C5H13LiO2. The summed E-state index contributed by atoms with van der Waals surface area (Å²) in [6.07, 6.45) is 2.58. The van der Waals surface area contributed by atoms with Crippen LogP contribution < -0.4 is 18.9 Å². The zero-order valence-electron chi connectivity index (χ0n) is 6.43. The summed E-state index contributed by atoms with van der Waals surface area (Å²) >= 11 is 0. The molecule has 0 aliphatic carbocycles. The van der Waals surface area contributed by atoms with Gasteiger partial charge in [0.1, 0.15) is 0 Å². The fraction of sp³-hybridized carbons (Fsp3) is 1.00. The molecule has 3 heteroatoms. The van der Waals surface area contributed by atoms with E-state index in [1.165, 1.54) is 0 Å². The second kappa shape index (κ2) is 10.5. The van der Waals surface area contributed by atoms with Crippen molar-refractivity contribution in [3.05, 3.63) is 0 Å². The third kappa shape index (κ3) is 9.72. The molecule has 0 atom stereocenters. The molecule has 2 N–H and O–H groups in total. The van der Waals surface area contributed by atoms with Crippen LogP contribution in [0.5, 0.6) is 0 Å². The van der Waals surface area contributed by atoms with Crippen molar-refractivity contribution in [3.63, 3.8) is 0 Å². The van der Waals surface area contributed by atoms with Gasteiger partial charge in [0.05, 0.1) is 0 Å². The van der Waals surface area contributed by atoms with Gasteiger partial charge in [-0.05, 0) is 19.3 Å². The van der Waals surface area contributed by atoms with Crippen molar-refractivity contribution in [2.24, 2.45) is 0 Å². The monoisotopic (exact) mass is 112 g/mol. The van der Waals surface area contributed by atoms with Crippen LogP contribution in [0, 0.1) is 0 Å². The van der Waals surface area contributed by atoms with Crippen LogP contribution in [0.2, 0.25) is 0 Å². The van der Waals surface area contributed by atoms with Crippen molar-refractivity contribution in [1.29, 1.82) is 0 Å². The minimum absolute atomic E-state index is 0. The van der Waals surface area contributed by atoms with Crippen molar-refractivity contribution in [2.45, 2.75) is 19.3 Å². The van der Waals surface area contributed by atoms with E-state index in [2.05, 4.69) is 0 Å². The molecule has 0 fully saturated rings. The molecular weight excluding hydrogens is 99.0 g/mol. The van der Waals surface area contributed by atoms with Gasteiger partial charge < -0.3 is 11.6 Å². The van der Waals surface area contributed by atoms with Crippen molar-refractivity contribution in [2.75, 3.05) is 13.2 Å². The molecule has 0 saturated heterocycles. The number of unbranched alkanes of at least 4 members (excludes halogenated alkanes) is 2. The smallest absolute Gasteiger partial charge is 1.00 e. The van der Waals surface area contributed by atoms with Crippen LogP contribution in [-0.4, -0.2) is 23.4 Å². The van der Waals surface area contributed by atoms with E-state index in [-0.39, 0.29) is 33.5 Å². The van der Waals surface area contributed by atoms with E-state index < -0.39 is 0 Å². The predicted molar refractivity (Wildman–Crippen MR) is 29.1 cm³/mol. The van der Waals surface area contributed by atoms with Gasteiger partial charge in [0.25, 0.3) is 0 Å². The van der Waals surface area contributed by atoms with Gasteiger partial charge in [-0.15, -0.1) is 0 Å². The summed E-state index contributed by atoms with van der Waals surface area (Å²) < 4.78 is 0. The maximum absolute atomic E-state index is 8.21. The van der Waals surface area contributed by atoms with Gasteiger partial charge in [0.15, 0.2) is 0 Å². The van der Waals surface area contributed by atoms with E-state index in [0.717, 1.165) is 19.3 Å². The molecule has 0 saturated carbocycles. The summed E-state index contributed by atoms with van der Waals surface area (Å²) in [4.78, 5) is 0. The van der Waals surface area contributed by atoms with E-state index in [0.29, 0.717) is 0 Å². The van der Waals surface area contributed by atoms with Gasteiger partial charge in [-0.1, -0.05) is 0 Å². The second-order valence-electron chi connectivity index (χ2n) is 1.51. The third-order valence-corrected chi connectivity index (χ3v) is 0.816. The molecule has 0 radical (unpaired) electrons. The van der Waals surface area contributed by atoms with Crippen LogP contribution in [0.1, 0.15) is 20.7 Å². The maximum Gasteiger partial charge on any atom is 1.00 e. The van der Waals surface area contributed by atoms with E-state index in [1.807, 2.05) is 0 Å². The Balaban J connectivity index is -0.000000180. The SMILES string of the molecule is OCCCCCO.[H-].[Li+]. The van der Waals surface area contributed by atoms with Crippen LogP contribution in [0.15, 0.2) is 0 Å². The van der Waals surface area contributed by atoms with Gasteiger partial charge in [0, 0.05) is 13.2 Å². The molecule has 0 aromatic rings. The maximum atomic E-state index is 8.21. The quantitative estimate of drug-likeness (QED) is 0.306. The number of hydrogen-bond acceptors (Lipinski definition) is 2.